The zero-order chi connectivity index (χ0) is 20.9. The first-order valence-electron chi connectivity index (χ1n) is 9.01. The number of benzene rings is 2. The summed E-state index contributed by atoms with van der Waals surface area (Å²) in [6, 6.07) is 16.2. The van der Waals surface area contributed by atoms with Crippen molar-refractivity contribution in [2.75, 3.05) is 18.7 Å². The Hall–Kier alpha value is -3.04. The average molecular weight is 489 g/mol. The van der Waals surface area contributed by atoms with Crippen molar-refractivity contribution in [3.8, 4) is 17.2 Å². The van der Waals surface area contributed by atoms with Crippen LogP contribution in [0.15, 0.2) is 58.4 Å². The van der Waals surface area contributed by atoms with Gasteiger partial charge in [-0.05, 0) is 57.9 Å². The van der Waals surface area contributed by atoms with E-state index < -0.39 is 0 Å². The standard InChI is InChI=1S/C21H17BrN2O5S/c22-19-7-6-18(30-19)21(26)23-10-20(25)24-14-3-1-2-13(8-14)11-27-15-4-5-16-17(9-15)29-12-28-16/h1-9H,10-12H2,(H,23,26)(H,24,25). The molecule has 0 unspecified atom stereocenters. The Labute approximate surface area is 185 Å². The number of hydrogen-bond acceptors (Lipinski definition) is 6. The molecule has 0 aliphatic carbocycles. The number of anilines is 1. The van der Waals surface area contributed by atoms with Crippen molar-refractivity contribution in [1.82, 2.24) is 5.32 Å². The Kier molecular flexibility index (Phi) is 6.20. The maximum Gasteiger partial charge on any atom is 0.261 e. The summed E-state index contributed by atoms with van der Waals surface area (Å²) in [5.74, 6) is 1.42. The fourth-order valence-electron chi connectivity index (χ4n) is 2.76. The molecular weight excluding hydrogens is 472 g/mol. The van der Waals surface area contributed by atoms with Crippen LogP contribution >= 0.6 is 27.3 Å². The van der Waals surface area contributed by atoms with Crippen LogP contribution in [0, 0.1) is 0 Å². The van der Waals surface area contributed by atoms with Gasteiger partial charge in [-0.25, -0.2) is 0 Å². The first-order chi connectivity index (χ1) is 14.6. The first kappa shape index (κ1) is 20.2. The lowest BCUT2D eigenvalue weighted by atomic mass is 10.2. The van der Waals surface area contributed by atoms with Gasteiger partial charge in [0.25, 0.3) is 5.91 Å². The van der Waals surface area contributed by atoms with Crippen molar-refractivity contribution in [3.05, 3.63) is 68.8 Å². The third-order valence-electron chi connectivity index (χ3n) is 4.17. The third kappa shape index (κ3) is 5.11. The van der Waals surface area contributed by atoms with E-state index >= 15 is 0 Å². The molecule has 0 bridgehead atoms. The van der Waals surface area contributed by atoms with Gasteiger partial charge in [0.2, 0.25) is 12.7 Å². The fourth-order valence-corrected chi connectivity index (χ4v) is 4.06. The van der Waals surface area contributed by atoms with Gasteiger partial charge in [0.05, 0.1) is 15.2 Å². The Morgan fingerprint density at radius 1 is 1.07 bits per heavy atom. The molecule has 2 heterocycles. The Morgan fingerprint density at radius 2 is 1.93 bits per heavy atom. The van der Waals surface area contributed by atoms with Crippen LogP contribution in [0.5, 0.6) is 17.2 Å². The predicted octanol–water partition coefficient (Wildman–Crippen LogP) is 4.19. The number of nitrogens with one attached hydrogen (secondary N) is 2. The number of hydrogen-bond donors (Lipinski definition) is 2. The van der Waals surface area contributed by atoms with Gasteiger partial charge >= 0.3 is 0 Å². The minimum atomic E-state index is -0.312. The van der Waals surface area contributed by atoms with Gasteiger partial charge in [-0.3, -0.25) is 9.59 Å². The van der Waals surface area contributed by atoms with E-state index in [0.717, 1.165) is 9.35 Å². The highest BCUT2D eigenvalue weighted by atomic mass is 79.9. The van der Waals surface area contributed by atoms with Gasteiger partial charge in [0.1, 0.15) is 12.4 Å². The summed E-state index contributed by atoms with van der Waals surface area (Å²) in [6.45, 7) is 0.422. The van der Waals surface area contributed by atoms with Gasteiger partial charge in [-0.15, -0.1) is 11.3 Å². The second-order valence-electron chi connectivity index (χ2n) is 6.34. The lowest BCUT2D eigenvalue weighted by molar-refractivity contribution is -0.115. The molecule has 0 fully saturated rings. The summed E-state index contributed by atoms with van der Waals surface area (Å²) >= 11 is 4.62. The molecule has 2 aromatic carbocycles. The minimum Gasteiger partial charge on any atom is -0.489 e. The van der Waals surface area contributed by atoms with Crippen LogP contribution in [0.4, 0.5) is 5.69 Å². The van der Waals surface area contributed by atoms with Gasteiger partial charge in [-0.2, -0.15) is 0 Å². The summed E-state index contributed by atoms with van der Waals surface area (Å²) in [5, 5.41) is 5.38. The van der Waals surface area contributed by atoms with Crippen LogP contribution in [-0.4, -0.2) is 25.2 Å². The minimum absolute atomic E-state index is 0.119. The molecule has 9 heteroatoms. The van der Waals surface area contributed by atoms with E-state index in [1.54, 1.807) is 30.3 Å². The highest BCUT2D eigenvalue weighted by molar-refractivity contribution is 9.11. The molecule has 0 saturated carbocycles. The summed E-state index contributed by atoms with van der Waals surface area (Å²) in [6.07, 6.45) is 0. The monoisotopic (exact) mass is 488 g/mol. The fraction of sp³-hybridized carbons (Fsp3) is 0.143. The number of fused-ring (bicyclic) bond motifs is 1. The molecule has 2 amide bonds. The summed E-state index contributed by atoms with van der Waals surface area (Å²) < 4.78 is 17.3. The molecule has 30 heavy (non-hydrogen) atoms. The maximum absolute atomic E-state index is 12.2. The van der Waals surface area contributed by atoms with Crippen molar-refractivity contribution < 1.29 is 23.8 Å². The molecular formula is C21H17BrN2O5S. The SMILES string of the molecule is O=C(CNC(=O)c1ccc(Br)s1)Nc1cccc(COc2ccc3c(c2)OCO3)c1. The lowest BCUT2D eigenvalue weighted by Crippen LogP contribution is -2.32. The van der Waals surface area contributed by atoms with Gasteiger partial charge in [0.15, 0.2) is 11.5 Å². The number of carbonyl (C=O) groups excluding carboxylic acids is 2. The highest BCUT2D eigenvalue weighted by Gasteiger charge is 2.14. The Bertz CT molecular complexity index is 1080. The summed E-state index contributed by atoms with van der Waals surface area (Å²) in [4.78, 5) is 24.7. The van der Waals surface area contributed by atoms with E-state index in [0.29, 0.717) is 34.4 Å². The van der Waals surface area contributed by atoms with Crippen molar-refractivity contribution in [2.45, 2.75) is 6.61 Å². The predicted molar refractivity (Wildman–Crippen MR) is 116 cm³/mol. The van der Waals surface area contributed by atoms with Gasteiger partial charge in [0, 0.05) is 11.8 Å². The number of amides is 2. The van der Waals surface area contributed by atoms with Crippen LogP contribution in [0.2, 0.25) is 0 Å². The number of carbonyl (C=O) groups is 2. The largest absolute Gasteiger partial charge is 0.489 e. The molecule has 0 saturated heterocycles. The molecule has 0 atom stereocenters. The molecule has 1 aliphatic heterocycles. The molecule has 1 aromatic heterocycles. The number of thiophene rings is 1. The molecule has 0 radical (unpaired) electrons. The van der Waals surface area contributed by atoms with Crippen LogP contribution in [-0.2, 0) is 11.4 Å². The topological polar surface area (TPSA) is 85.9 Å². The lowest BCUT2D eigenvalue weighted by Gasteiger charge is -2.10. The van der Waals surface area contributed by atoms with E-state index in [1.165, 1.54) is 11.3 Å². The van der Waals surface area contributed by atoms with E-state index in [9.17, 15) is 9.59 Å². The number of ether oxygens (including phenoxy) is 3. The quantitative estimate of drug-likeness (QED) is 0.520. The van der Waals surface area contributed by atoms with Crippen molar-refractivity contribution >= 4 is 44.8 Å². The van der Waals surface area contributed by atoms with E-state index in [-0.39, 0.29) is 25.2 Å². The van der Waals surface area contributed by atoms with E-state index in [2.05, 4.69) is 26.6 Å². The molecule has 4 rings (SSSR count). The van der Waals surface area contributed by atoms with Gasteiger partial charge < -0.3 is 24.8 Å². The second kappa shape index (κ2) is 9.19. The number of halogens is 1. The van der Waals surface area contributed by atoms with E-state index in [1.807, 2.05) is 24.3 Å². The third-order valence-corrected chi connectivity index (χ3v) is 5.79. The molecule has 2 N–H and O–H groups in total. The zero-order valence-corrected chi connectivity index (χ0v) is 18.0. The Balaban J connectivity index is 1.28. The highest BCUT2D eigenvalue weighted by Crippen LogP contribution is 2.35. The second-order valence-corrected chi connectivity index (χ2v) is 8.80. The molecule has 1 aliphatic rings. The van der Waals surface area contributed by atoms with Crippen LogP contribution < -0.4 is 24.8 Å². The average Bonchev–Trinajstić information content (AvgIpc) is 3.39. The smallest absolute Gasteiger partial charge is 0.261 e. The van der Waals surface area contributed by atoms with Crippen molar-refractivity contribution in [3.63, 3.8) is 0 Å². The van der Waals surface area contributed by atoms with Crippen LogP contribution in [0.25, 0.3) is 0 Å². The first-order valence-corrected chi connectivity index (χ1v) is 10.6. The van der Waals surface area contributed by atoms with Crippen molar-refractivity contribution in [1.29, 1.82) is 0 Å². The molecule has 3 aromatic rings. The Morgan fingerprint density at radius 3 is 2.77 bits per heavy atom. The zero-order valence-electron chi connectivity index (χ0n) is 15.6. The maximum atomic E-state index is 12.2. The molecule has 7 nitrogen and oxygen atoms in total. The van der Waals surface area contributed by atoms with Gasteiger partial charge in [-0.1, -0.05) is 12.1 Å². The molecule has 154 valence electrons. The summed E-state index contributed by atoms with van der Waals surface area (Å²) in [5.41, 5.74) is 1.51. The van der Waals surface area contributed by atoms with Crippen LogP contribution in [0.3, 0.4) is 0 Å². The van der Waals surface area contributed by atoms with Crippen molar-refractivity contribution in [2.24, 2.45) is 0 Å². The molecule has 0 spiro atoms. The normalized spacial score (nSPS) is 11.8. The number of rotatable bonds is 7. The van der Waals surface area contributed by atoms with Crippen LogP contribution in [0.1, 0.15) is 15.2 Å². The summed E-state index contributed by atoms with van der Waals surface area (Å²) in [7, 11) is 0. The van der Waals surface area contributed by atoms with E-state index in [4.69, 9.17) is 14.2 Å².